The number of hydrogen-bond donors (Lipinski definition) is 1. The van der Waals surface area contributed by atoms with Crippen LogP contribution in [0.25, 0.3) is 10.9 Å². The van der Waals surface area contributed by atoms with E-state index in [1.54, 1.807) is 7.11 Å². The van der Waals surface area contributed by atoms with Crippen LogP contribution in [-0.4, -0.2) is 79.8 Å². The number of amides is 1. The number of nitrogens with one attached hydrogen (secondary N) is 1. The van der Waals surface area contributed by atoms with Crippen LogP contribution in [-0.2, 0) is 16.0 Å². The van der Waals surface area contributed by atoms with Crippen molar-refractivity contribution in [1.82, 2.24) is 20.0 Å². The normalized spacial score (nSPS) is 20.5. The Morgan fingerprint density at radius 2 is 2.14 bits per heavy atom. The number of nitrogens with zero attached hydrogens (tertiary/aromatic N) is 3. The van der Waals surface area contributed by atoms with E-state index in [1.165, 1.54) is 0 Å². The van der Waals surface area contributed by atoms with Gasteiger partial charge in [0.1, 0.15) is 11.3 Å². The van der Waals surface area contributed by atoms with Gasteiger partial charge in [0.15, 0.2) is 5.69 Å². The predicted molar refractivity (Wildman–Crippen MR) is 105 cm³/mol. The number of benzene rings is 1. The molecule has 1 aromatic carbocycles. The highest BCUT2D eigenvalue weighted by Crippen LogP contribution is 2.28. The van der Waals surface area contributed by atoms with Crippen molar-refractivity contribution in [3.8, 4) is 5.75 Å². The van der Waals surface area contributed by atoms with Gasteiger partial charge in [-0.15, -0.1) is 0 Å². The molecule has 152 valence electrons. The number of rotatable bonds is 7. The van der Waals surface area contributed by atoms with E-state index in [9.17, 15) is 4.79 Å². The molecular weight excluding hydrogens is 360 g/mol. The molecule has 4 rings (SSSR count). The first-order chi connectivity index (χ1) is 13.8. The molecule has 0 spiro atoms. The Kier molecular flexibility index (Phi) is 6.09. The predicted octanol–water partition coefficient (Wildman–Crippen LogP) is 1.29. The second kappa shape index (κ2) is 8.89. The molecule has 1 aromatic heterocycles. The van der Waals surface area contributed by atoms with Crippen molar-refractivity contribution in [2.45, 2.75) is 25.5 Å². The third-order valence-corrected chi connectivity index (χ3v) is 5.41. The first-order valence-corrected chi connectivity index (χ1v) is 9.99. The first-order valence-electron chi connectivity index (χ1n) is 9.99. The molecule has 1 atom stereocenters. The minimum Gasteiger partial charge on any atom is -0.494 e. The third-order valence-electron chi connectivity index (χ3n) is 5.41. The molecule has 0 saturated carbocycles. The fourth-order valence-electron chi connectivity index (χ4n) is 3.85. The van der Waals surface area contributed by atoms with Gasteiger partial charge in [0.25, 0.3) is 5.91 Å². The van der Waals surface area contributed by atoms with Gasteiger partial charge < -0.3 is 19.5 Å². The van der Waals surface area contributed by atoms with Crippen molar-refractivity contribution in [2.75, 3.05) is 53.1 Å². The van der Waals surface area contributed by atoms with Crippen molar-refractivity contribution >= 4 is 16.8 Å². The lowest BCUT2D eigenvalue weighted by Gasteiger charge is -2.26. The average molecular weight is 388 g/mol. The fourth-order valence-corrected chi connectivity index (χ4v) is 3.85. The summed E-state index contributed by atoms with van der Waals surface area (Å²) >= 11 is 0. The van der Waals surface area contributed by atoms with Gasteiger partial charge in [-0.05, 0) is 18.9 Å². The average Bonchev–Trinajstić information content (AvgIpc) is 3.39. The van der Waals surface area contributed by atoms with E-state index < -0.39 is 0 Å². The molecule has 28 heavy (non-hydrogen) atoms. The lowest BCUT2D eigenvalue weighted by atomic mass is 10.2. The summed E-state index contributed by atoms with van der Waals surface area (Å²) in [5.74, 6) is 0.559. The number of hydrogen-bond acceptors (Lipinski definition) is 6. The highest BCUT2D eigenvalue weighted by Gasteiger charge is 2.22. The lowest BCUT2D eigenvalue weighted by molar-refractivity contribution is 0.0361. The van der Waals surface area contributed by atoms with Gasteiger partial charge in [-0.1, -0.05) is 12.1 Å². The van der Waals surface area contributed by atoms with Crippen LogP contribution in [0, 0.1) is 0 Å². The largest absolute Gasteiger partial charge is 0.494 e. The molecular formula is C20H28N4O4. The van der Waals surface area contributed by atoms with Crippen molar-refractivity contribution in [3.63, 3.8) is 0 Å². The number of aromatic nitrogens is 2. The summed E-state index contributed by atoms with van der Waals surface area (Å²) in [5, 5.41) is 8.45. The molecule has 0 bridgehead atoms. The Morgan fingerprint density at radius 1 is 1.29 bits per heavy atom. The van der Waals surface area contributed by atoms with E-state index in [0.29, 0.717) is 18.8 Å². The Hall–Kier alpha value is -2.16. The van der Waals surface area contributed by atoms with Crippen molar-refractivity contribution < 1.29 is 19.0 Å². The summed E-state index contributed by atoms with van der Waals surface area (Å²) < 4.78 is 18.5. The number of ether oxygens (including phenoxy) is 3. The number of para-hydroxylation sites is 1. The van der Waals surface area contributed by atoms with Crippen LogP contribution in [0.1, 0.15) is 23.3 Å². The molecule has 2 fully saturated rings. The van der Waals surface area contributed by atoms with Crippen molar-refractivity contribution in [2.24, 2.45) is 0 Å². The molecule has 2 aliphatic heterocycles. The highest BCUT2D eigenvalue weighted by atomic mass is 16.5. The molecule has 1 N–H and O–H groups in total. The molecule has 0 radical (unpaired) electrons. The number of carbonyl (C=O) groups is 1. The van der Waals surface area contributed by atoms with Crippen LogP contribution >= 0.6 is 0 Å². The van der Waals surface area contributed by atoms with Crippen LogP contribution in [0.15, 0.2) is 18.2 Å². The maximum atomic E-state index is 12.8. The summed E-state index contributed by atoms with van der Waals surface area (Å²) in [6.07, 6.45) is 2.15. The van der Waals surface area contributed by atoms with Crippen LogP contribution in [0.3, 0.4) is 0 Å². The maximum absolute atomic E-state index is 12.8. The molecule has 1 amide bonds. The van der Waals surface area contributed by atoms with Gasteiger partial charge in [-0.25, -0.2) is 0 Å². The van der Waals surface area contributed by atoms with E-state index in [4.69, 9.17) is 14.2 Å². The smallest absolute Gasteiger partial charge is 0.272 e. The molecule has 3 heterocycles. The van der Waals surface area contributed by atoms with Gasteiger partial charge in [-0.3, -0.25) is 14.4 Å². The van der Waals surface area contributed by atoms with E-state index in [1.807, 2.05) is 22.9 Å². The summed E-state index contributed by atoms with van der Waals surface area (Å²) in [4.78, 5) is 15.2. The van der Waals surface area contributed by atoms with Gasteiger partial charge in [0, 0.05) is 38.2 Å². The Bertz CT molecular complexity index is 810. The molecule has 0 aliphatic carbocycles. The zero-order valence-corrected chi connectivity index (χ0v) is 16.4. The minimum atomic E-state index is -0.168. The van der Waals surface area contributed by atoms with Gasteiger partial charge in [-0.2, -0.15) is 5.10 Å². The lowest BCUT2D eigenvalue weighted by Crippen LogP contribution is -2.38. The number of carbonyl (C=O) groups excluding carboxylic acids is 1. The van der Waals surface area contributed by atoms with Gasteiger partial charge >= 0.3 is 0 Å². The Morgan fingerprint density at radius 3 is 2.89 bits per heavy atom. The van der Waals surface area contributed by atoms with Crippen LogP contribution in [0.2, 0.25) is 0 Å². The number of fused-ring (bicyclic) bond motifs is 1. The zero-order chi connectivity index (χ0) is 19.3. The third kappa shape index (κ3) is 4.14. The summed E-state index contributed by atoms with van der Waals surface area (Å²) in [7, 11) is 1.64. The first kappa shape index (κ1) is 19.2. The standard InChI is InChI=1S/C20H28N4O4/c1-26-17-6-2-5-16-18(20(25)21-14-15-4-3-11-28-15)22-24(19(16)17)8-7-23-9-12-27-13-10-23/h2,5-6,15H,3-4,7-14H2,1H3,(H,21,25)/t15-/m0/s1. The second-order valence-corrected chi connectivity index (χ2v) is 7.23. The highest BCUT2D eigenvalue weighted by molar-refractivity contribution is 6.06. The second-order valence-electron chi connectivity index (χ2n) is 7.23. The quantitative estimate of drug-likeness (QED) is 0.770. The van der Waals surface area contributed by atoms with E-state index in [-0.39, 0.29) is 12.0 Å². The summed E-state index contributed by atoms with van der Waals surface area (Å²) in [6, 6.07) is 5.73. The molecule has 8 heteroatoms. The molecule has 0 unspecified atom stereocenters. The molecule has 2 aromatic rings. The molecule has 2 saturated heterocycles. The van der Waals surface area contributed by atoms with Crippen LogP contribution < -0.4 is 10.1 Å². The number of methoxy groups -OCH3 is 1. The van der Waals surface area contributed by atoms with E-state index >= 15 is 0 Å². The minimum absolute atomic E-state index is 0.105. The van der Waals surface area contributed by atoms with Crippen LogP contribution in [0.4, 0.5) is 0 Å². The fraction of sp³-hybridized carbons (Fsp3) is 0.600. The Labute approximate surface area is 164 Å². The van der Waals surface area contributed by atoms with Crippen molar-refractivity contribution in [1.29, 1.82) is 0 Å². The molecule has 2 aliphatic rings. The Balaban J connectivity index is 1.54. The maximum Gasteiger partial charge on any atom is 0.272 e. The van der Waals surface area contributed by atoms with Crippen LogP contribution in [0.5, 0.6) is 5.75 Å². The van der Waals surface area contributed by atoms with Crippen molar-refractivity contribution in [3.05, 3.63) is 23.9 Å². The van der Waals surface area contributed by atoms with E-state index in [2.05, 4.69) is 15.3 Å². The monoisotopic (exact) mass is 388 g/mol. The van der Waals surface area contributed by atoms with Gasteiger partial charge in [0.2, 0.25) is 0 Å². The van der Waals surface area contributed by atoms with E-state index in [0.717, 1.165) is 68.9 Å². The SMILES string of the molecule is COc1cccc2c(C(=O)NC[C@@H]3CCCO3)nn(CCN3CCOCC3)c12. The topological polar surface area (TPSA) is 77.8 Å². The molecule has 8 nitrogen and oxygen atoms in total. The summed E-state index contributed by atoms with van der Waals surface area (Å²) in [5.41, 5.74) is 1.30. The number of morpholine rings is 1. The zero-order valence-electron chi connectivity index (χ0n) is 16.4. The van der Waals surface area contributed by atoms with Gasteiger partial charge in [0.05, 0.1) is 33.0 Å². The summed E-state index contributed by atoms with van der Waals surface area (Å²) in [6.45, 7) is 6.21.